The molecule has 1 aliphatic heterocycles. The fraction of sp³-hybridized carbons (Fsp3) is 0.619. The van der Waals surface area contributed by atoms with Gasteiger partial charge in [0.15, 0.2) is 0 Å². The van der Waals surface area contributed by atoms with Crippen molar-refractivity contribution in [1.82, 2.24) is 0 Å². The van der Waals surface area contributed by atoms with E-state index in [2.05, 4.69) is 26.3 Å². The van der Waals surface area contributed by atoms with Crippen molar-refractivity contribution in [3.63, 3.8) is 0 Å². The summed E-state index contributed by atoms with van der Waals surface area (Å²) in [5.74, 6) is -3.10. The van der Waals surface area contributed by atoms with Gasteiger partial charge in [-0.1, -0.05) is 26.3 Å². The second-order valence-electron chi connectivity index (χ2n) is 13.5. The molecule has 0 bridgehead atoms. The predicted molar refractivity (Wildman–Crippen MR) is 212 cm³/mol. The molecule has 2 unspecified atom stereocenters. The lowest BCUT2D eigenvalue weighted by Crippen LogP contribution is -2.35. The summed E-state index contributed by atoms with van der Waals surface area (Å²) in [5.41, 5.74) is 1.44. The van der Waals surface area contributed by atoms with E-state index in [9.17, 15) is 38.4 Å². The van der Waals surface area contributed by atoms with Crippen molar-refractivity contribution in [2.75, 3.05) is 33.0 Å². The third-order valence-corrected chi connectivity index (χ3v) is 7.35. The molecule has 2 atom stereocenters. The Bertz CT molecular complexity index is 1290. The molecule has 1 fully saturated rings. The molecule has 1 heterocycles. The van der Waals surface area contributed by atoms with Crippen molar-refractivity contribution >= 4 is 47.6 Å². The van der Waals surface area contributed by atoms with Crippen molar-refractivity contribution in [1.29, 1.82) is 0 Å². The van der Waals surface area contributed by atoms with Gasteiger partial charge < -0.3 is 43.1 Å². The van der Waals surface area contributed by atoms with Gasteiger partial charge >= 0.3 is 41.8 Å². The number of ether oxygens (including phenoxy) is 7. The summed E-state index contributed by atoms with van der Waals surface area (Å²) >= 11 is 0. The highest BCUT2D eigenvalue weighted by atomic mass is 16.7. The van der Waals surface area contributed by atoms with E-state index in [1.165, 1.54) is 0 Å². The van der Waals surface area contributed by atoms with Crippen LogP contribution >= 0.6 is 0 Å². The van der Waals surface area contributed by atoms with E-state index in [1.54, 1.807) is 34.6 Å². The number of hydrogen-bond donors (Lipinski definition) is 1. The number of unbranched alkanes of at least 4 members (excludes halogenated alkanes) is 4. The minimum Gasteiger partial charge on any atom is -0.481 e. The smallest absolute Gasteiger partial charge is 0.333 e. The molecule has 1 rings (SSSR count). The summed E-state index contributed by atoms with van der Waals surface area (Å²) in [4.78, 5) is 88.8. The molecule has 0 saturated carbocycles. The number of Topliss-reactive ketones (excluding diaryl/α,β-unsaturated/α-hetero) is 1. The minimum atomic E-state index is -0.828. The van der Waals surface area contributed by atoms with Crippen LogP contribution in [0.1, 0.15) is 125 Å². The van der Waals surface area contributed by atoms with E-state index in [0.717, 1.165) is 12.8 Å². The summed E-state index contributed by atoms with van der Waals surface area (Å²) in [7, 11) is 0. The molecule has 58 heavy (non-hydrogen) atoms. The second-order valence-corrected chi connectivity index (χ2v) is 13.5. The van der Waals surface area contributed by atoms with Crippen LogP contribution < -0.4 is 0 Å². The summed E-state index contributed by atoms with van der Waals surface area (Å²) < 4.78 is 35.7. The fourth-order valence-electron chi connectivity index (χ4n) is 4.12. The SMILES string of the molecule is C=C(C)C(=O)OCCCCC(=O)O.C=C(C)C(=O)OCCCCC(=O)OC1CCOC(OC(=O)CCCCOC(=O)C(=C)C)C1.C=C(C)C(=O)OCCCCC(C)=O. The van der Waals surface area contributed by atoms with Crippen LogP contribution in [0.4, 0.5) is 0 Å². The molecule has 0 spiro atoms. The lowest BCUT2D eigenvalue weighted by Gasteiger charge is -2.28. The van der Waals surface area contributed by atoms with Gasteiger partial charge in [-0.25, -0.2) is 19.2 Å². The van der Waals surface area contributed by atoms with E-state index < -0.39 is 36.1 Å². The Kier molecular flexibility index (Phi) is 32.2. The van der Waals surface area contributed by atoms with Gasteiger partial charge in [0.1, 0.15) is 11.9 Å². The van der Waals surface area contributed by atoms with Crippen LogP contribution in [-0.2, 0) is 71.5 Å². The van der Waals surface area contributed by atoms with Gasteiger partial charge in [0.05, 0.1) is 33.0 Å². The van der Waals surface area contributed by atoms with E-state index in [1.807, 2.05) is 0 Å². The lowest BCUT2D eigenvalue weighted by molar-refractivity contribution is -0.202. The number of ketones is 1. The molecule has 0 aromatic heterocycles. The van der Waals surface area contributed by atoms with Gasteiger partial charge in [-0.05, 0) is 86.0 Å². The average molecular weight is 825 g/mol. The van der Waals surface area contributed by atoms with Crippen LogP contribution in [0.25, 0.3) is 0 Å². The molecule has 0 aliphatic carbocycles. The van der Waals surface area contributed by atoms with Crippen LogP contribution in [0.3, 0.4) is 0 Å². The molecular weight excluding hydrogens is 760 g/mol. The van der Waals surface area contributed by atoms with Crippen LogP contribution in [0.5, 0.6) is 0 Å². The van der Waals surface area contributed by atoms with Crippen molar-refractivity contribution in [2.45, 2.75) is 137 Å². The molecule has 16 heteroatoms. The Morgan fingerprint density at radius 2 is 0.862 bits per heavy atom. The number of esters is 6. The van der Waals surface area contributed by atoms with Crippen molar-refractivity contribution in [3.8, 4) is 0 Å². The third kappa shape index (κ3) is 34.2. The summed E-state index contributed by atoms with van der Waals surface area (Å²) in [6.07, 6.45) is 5.48. The summed E-state index contributed by atoms with van der Waals surface area (Å²) in [6, 6.07) is 0. The van der Waals surface area contributed by atoms with E-state index in [-0.39, 0.29) is 69.3 Å². The predicted octanol–water partition coefficient (Wildman–Crippen LogP) is 6.38. The topological polar surface area (TPSA) is 221 Å². The maximum absolute atomic E-state index is 12.0. The molecule has 0 aromatic rings. The van der Waals surface area contributed by atoms with E-state index >= 15 is 0 Å². The first-order valence-electron chi connectivity index (χ1n) is 19.3. The number of hydrogen-bond acceptors (Lipinski definition) is 15. The first-order chi connectivity index (χ1) is 27.3. The summed E-state index contributed by atoms with van der Waals surface area (Å²) in [5, 5.41) is 8.29. The first kappa shape index (κ1) is 55.0. The highest BCUT2D eigenvalue weighted by Gasteiger charge is 2.28. The quantitative estimate of drug-likeness (QED) is 0.0432. The standard InChI is InChI=1S/C23H34O9.C10H16O3.C9H14O4/c1-16(2)22(26)29-12-7-5-9-19(24)31-18-11-14-28-21(15-18)32-20(25)10-6-8-13-30-23(27)17(3)4;1-8(2)10(12)13-7-5-4-6-9(3)11;1-7(2)9(12)13-6-4-3-5-8(10)11/h18,21H,1,3,5-15H2,2,4H3;1,4-7H2,2-3H3;1,3-6H2,2H3,(H,10,11). The number of carboxylic acid groups (broad SMARTS) is 1. The zero-order valence-corrected chi connectivity index (χ0v) is 35.0. The van der Waals surface area contributed by atoms with Crippen molar-refractivity contribution < 1.29 is 76.6 Å². The van der Waals surface area contributed by atoms with Gasteiger partial charge in [-0.2, -0.15) is 0 Å². The Labute approximate surface area is 342 Å². The Balaban J connectivity index is 0. The normalized spacial score (nSPS) is 13.9. The Morgan fingerprint density at radius 1 is 0.517 bits per heavy atom. The number of carbonyl (C=O) groups is 8. The maximum atomic E-state index is 12.0. The molecule has 1 aliphatic rings. The first-order valence-corrected chi connectivity index (χ1v) is 19.3. The molecule has 0 aromatic carbocycles. The van der Waals surface area contributed by atoms with Crippen molar-refractivity contribution in [2.24, 2.45) is 0 Å². The lowest BCUT2D eigenvalue weighted by atomic mass is 10.1. The zero-order chi connectivity index (χ0) is 44.5. The molecule has 328 valence electrons. The zero-order valence-electron chi connectivity index (χ0n) is 35.0. The van der Waals surface area contributed by atoms with Crippen LogP contribution in [0, 0.1) is 0 Å². The largest absolute Gasteiger partial charge is 0.481 e. The van der Waals surface area contributed by atoms with Gasteiger partial charge in [0, 0.05) is 60.8 Å². The molecule has 0 radical (unpaired) electrons. The van der Waals surface area contributed by atoms with Crippen LogP contribution in [0.2, 0.25) is 0 Å². The third-order valence-electron chi connectivity index (χ3n) is 7.35. The average Bonchev–Trinajstić information content (AvgIpc) is 3.14. The van der Waals surface area contributed by atoms with Gasteiger partial charge in [-0.15, -0.1) is 0 Å². The highest BCUT2D eigenvalue weighted by molar-refractivity contribution is 5.88. The fourth-order valence-corrected chi connectivity index (χ4v) is 4.12. The Hall–Kier alpha value is -5.12. The van der Waals surface area contributed by atoms with Gasteiger partial charge in [0.25, 0.3) is 0 Å². The van der Waals surface area contributed by atoms with Crippen LogP contribution in [0.15, 0.2) is 48.6 Å². The van der Waals surface area contributed by atoms with Crippen molar-refractivity contribution in [3.05, 3.63) is 48.6 Å². The molecule has 1 N–H and O–H groups in total. The molecule has 16 nitrogen and oxygen atoms in total. The minimum absolute atomic E-state index is 0.116. The Morgan fingerprint density at radius 3 is 1.21 bits per heavy atom. The van der Waals surface area contributed by atoms with Gasteiger partial charge in [-0.3, -0.25) is 14.4 Å². The molecule has 1 saturated heterocycles. The molecular formula is C42H64O16. The van der Waals surface area contributed by atoms with Crippen LogP contribution in [-0.4, -0.2) is 98.1 Å². The number of carbonyl (C=O) groups excluding carboxylic acids is 7. The number of rotatable bonds is 26. The highest BCUT2D eigenvalue weighted by Crippen LogP contribution is 2.20. The monoisotopic (exact) mass is 824 g/mol. The van der Waals surface area contributed by atoms with Gasteiger partial charge in [0.2, 0.25) is 6.29 Å². The summed E-state index contributed by atoms with van der Waals surface area (Å²) in [6.45, 7) is 23.1. The van der Waals surface area contributed by atoms with E-state index in [4.69, 9.17) is 38.3 Å². The van der Waals surface area contributed by atoms with E-state index in [0.29, 0.717) is 86.9 Å². The number of carboxylic acids is 1. The molecule has 0 amide bonds. The maximum Gasteiger partial charge on any atom is 0.333 e. The number of aliphatic carboxylic acids is 1. The second kappa shape index (κ2) is 34.0.